The van der Waals surface area contributed by atoms with Crippen LogP contribution >= 0.6 is 36.6 Å². The molecule has 52 valence electrons. The number of thioether (sulfide) groups is 1. The van der Waals surface area contributed by atoms with Crippen LogP contribution in [0.25, 0.3) is 0 Å². The van der Waals surface area contributed by atoms with Gasteiger partial charge < -0.3 is 5.73 Å². The Hall–Kier alpha value is 0.890. The van der Waals surface area contributed by atoms with E-state index in [1.807, 2.05) is 11.8 Å². The van der Waals surface area contributed by atoms with Gasteiger partial charge in [0.1, 0.15) is 0 Å². The van der Waals surface area contributed by atoms with E-state index in [0.29, 0.717) is 6.04 Å². The standard InChI is InChI=1S/C4H9NS.2ClH/c5-4-1-2-6-3-4;;/h4H,1-3,5H2;2*1H/t4-;;/m0../s1. The normalized spacial score (nSPS) is 25.9. The molecule has 1 aliphatic heterocycles. The summed E-state index contributed by atoms with van der Waals surface area (Å²) >= 11 is 1.96. The van der Waals surface area contributed by atoms with Crippen molar-refractivity contribution in [1.29, 1.82) is 0 Å². The predicted molar refractivity (Wildman–Crippen MR) is 44.4 cm³/mol. The highest BCUT2D eigenvalue weighted by Gasteiger charge is 2.08. The molecule has 0 spiro atoms. The maximum absolute atomic E-state index is 5.51. The number of halogens is 2. The number of hydrogen-bond acceptors (Lipinski definition) is 2. The Labute approximate surface area is 66.6 Å². The summed E-state index contributed by atoms with van der Waals surface area (Å²) in [6.07, 6.45) is 1.23. The Kier molecular flexibility index (Phi) is 8.77. The van der Waals surface area contributed by atoms with Gasteiger partial charge in [0.05, 0.1) is 0 Å². The van der Waals surface area contributed by atoms with Crippen LogP contribution in [0.15, 0.2) is 0 Å². The molecule has 0 aliphatic carbocycles. The van der Waals surface area contributed by atoms with Crippen LogP contribution in [0, 0.1) is 0 Å². The van der Waals surface area contributed by atoms with E-state index in [-0.39, 0.29) is 24.8 Å². The first-order chi connectivity index (χ1) is 2.89. The van der Waals surface area contributed by atoms with Crippen molar-refractivity contribution in [2.45, 2.75) is 12.5 Å². The lowest BCUT2D eigenvalue weighted by atomic mass is 10.3. The number of rotatable bonds is 0. The van der Waals surface area contributed by atoms with Gasteiger partial charge in [0.25, 0.3) is 0 Å². The SMILES string of the molecule is Cl.Cl.N[C@H]1CCSC1. The second kappa shape index (κ2) is 6.02. The third kappa shape index (κ3) is 3.84. The van der Waals surface area contributed by atoms with Crippen molar-refractivity contribution < 1.29 is 0 Å². The fourth-order valence-electron chi connectivity index (χ4n) is 0.553. The smallest absolute Gasteiger partial charge is 0.0138 e. The first-order valence-electron chi connectivity index (χ1n) is 2.23. The third-order valence-electron chi connectivity index (χ3n) is 0.965. The van der Waals surface area contributed by atoms with Gasteiger partial charge in [-0.2, -0.15) is 11.8 Å². The molecule has 1 fully saturated rings. The summed E-state index contributed by atoms with van der Waals surface area (Å²) in [5, 5.41) is 0. The van der Waals surface area contributed by atoms with Crippen LogP contribution in [0.2, 0.25) is 0 Å². The molecule has 0 amide bonds. The summed E-state index contributed by atoms with van der Waals surface area (Å²) in [6.45, 7) is 0. The van der Waals surface area contributed by atoms with Crippen molar-refractivity contribution in [3.8, 4) is 0 Å². The zero-order valence-electron chi connectivity index (χ0n) is 4.50. The maximum Gasteiger partial charge on any atom is 0.0138 e. The molecular formula is C4H11Cl2NS. The summed E-state index contributed by atoms with van der Waals surface area (Å²) in [7, 11) is 0. The Morgan fingerprint density at radius 1 is 1.38 bits per heavy atom. The Balaban J connectivity index is 0. The molecule has 1 rings (SSSR count). The quantitative estimate of drug-likeness (QED) is 0.601. The largest absolute Gasteiger partial charge is 0.327 e. The predicted octanol–water partition coefficient (Wildman–Crippen LogP) is 1.29. The summed E-state index contributed by atoms with van der Waals surface area (Å²) in [6, 6.07) is 0.509. The zero-order chi connectivity index (χ0) is 4.41. The van der Waals surface area contributed by atoms with Crippen LogP contribution in [0.3, 0.4) is 0 Å². The third-order valence-corrected chi connectivity index (χ3v) is 2.15. The van der Waals surface area contributed by atoms with Gasteiger partial charge >= 0.3 is 0 Å². The lowest BCUT2D eigenvalue weighted by Gasteiger charge is -1.91. The maximum atomic E-state index is 5.51. The molecule has 8 heavy (non-hydrogen) atoms. The van der Waals surface area contributed by atoms with Crippen molar-refractivity contribution in [3.63, 3.8) is 0 Å². The van der Waals surface area contributed by atoms with Gasteiger partial charge in [-0.1, -0.05) is 0 Å². The van der Waals surface area contributed by atoms with E-state index < -0.39 is 0 Å². The first-order valence-corrected chi connectivity index (χ1v) is 3.38. The summed E-state index contributed by atoms with van der Waals surface area (Å²) < 4.78 is 0. The van der Waals surface area contributed by atoms with Gasteiger partial charge in [0.15, 0.2) is 0 Å². The first kappa shape index (κ1) is 11.7. The lowest BCUT2D eigenvalue weighted by Crippen LogP contribution is -2.17. The fraction of sp³-hybridized carbons (Fsp3) is 1.00. The highest BCUT2D eigenvalue weighted by atomic mass is 35.5. The van der Waals surface area contributed by atoms with E-state index in [2.05, 4.69) is 0 Å². The molecule has 0 saturated carbocycles. The molecule has 2 N–H and O–H groups in total. The van der Waals surface area contributed by atoms with E-state index in [1.54, 1.807) is 0 Å². The van der Waals surface area contributed by atoms with E-state index in [0.717, 1.165) is 0 Å². The minimum absolute atomic E-state index is 0. The van der Waals surface area contributed by atoms with Gasteiger partial charge in [-0.05, 0) is 12.2 Å². The van der Waals surface area contributed by atoms with Gasteiger partial charge in [-0.25, -0.2) is 0 Å². The Bertz CT molecular complexity index is 47.3. The van der Waals surface area contributed by atoms with Gasteiger partial charge in [-0.15, -0.1) is 24.8 Å². The second-order valence-corrected chi connectivity index (χ2v) is 2.77. The molecule has 0 aromatic heterocycles. The topological polar surface area (TPSA) is 26.0 Å². The molecule has 0 aromatic rings. The van der Waals surface area contributed by atoms with Crippen LogP contribution < -0.4 is 5.73 Å². The van der Waals surface area contributed by atoms with Crippen molar-refractivity contribution in [3.05, 3.63) is 0 Å². The summed E-state index contributed by atoms with van der Waals surface area (Å²) in [5.74, 6) is 2.46. The molecule has 0 bridgehead atoms. The molecule has 1 atom stereocenters. The minimum Gasteiger partial charge on any atom is -0.327 e. The van der Waals surface area contributed by atoms with E-state index in [1.165, 1.54) is 17.9 Å². The lowest BCUT2D eigenvalue weighted by molar-refractivity contribution is 0.759. The van der Waals surface area contributed by atoms with Crippen LogP contribution in [0.5, 0.6) is 0 Å². The van der Waals surface area contributed by atoms with Crippen molar-refractivity contribution in [2.75, 3.05) is 11.5 Å². The molecule has 1 nitrogen and oxygen atoms in total. The second-order valence-electron chi connectivity index (χ2n) is 1.62. The van der Waals surface area contributed by atoms with E-state index >= 15 is 0 Å². The van der Waals surface area contributed by atoms with Crippen molar-refractivity contribution in [1.82, 2.24) is 0 Å². The summed E-state index contributed by atoms with van der Waals surface area (Å²) in [5.41, 5.74) is 5.51. The average Bonchev–Trinajstić information content (AvgIpc) is 1.86. The number of nitrogens with two attached hydrogens (primary N) is 1. The molecule has 0 radical (unpaired) electrons. The Morgan fingerprint density at radius 2 is 2.00 bits per heavy atom. The van der Waals surface area contributed by atoms with Crippen molar-refractivity contribution in [2.24, 2.45) is 5.73 Å². The zero-order valence-corrected chi connectivity index (χ0v) is 6.95. The van der Waals surface area contributed by atoms with Gasteiger partial charge in [-0.3, -0.25) is 0 Å². The number of hydrogen-bond donors (Lipinski definition) is 1. The van der Waals surface area contributed by atoms with Gasteiger partial charge in [0, 0.05) is 11.8 Å². The molecule has 0 aromatic carbocycles. The summed E-state index contributed by atoms with van der Waals surface area (Å²) in [4.78, 5) is 0. The molecule has 4 heteroatoms. The fourth-order valence-corrected chi connectivity index (χ4v) is 1.66. The highest BCUT2D eigenvalue weighted by molar-refractivity contribution is 7.99. The van der Waals surface area contributed by atoms with Crippen LogP contribution in [-0.4, -0.2) is 17.5 Å². The van der Waals surface area contributed by atoms with E-state index in [4.69, 9.17) is 5.73 Å². The molecule has 1 heterocycles. The van der Waals surface area contributed by atoms with Crippen molar-refractivity contribution >= 4 is 36.6 Å². The minimum atomic E-state index is 0. The van der Waals surface area contributed by atoms with E-state index in [9.17, 15) is 0 Å². The molecular weight excluding hydrogens is 165 g/mol. The van der Waals surface area contributed by atoms with Gasteiger partial charge in [0.2, 0.25) is 0 Å². The molecule has 1 saturated heterocycles. The molecule has 1 aliphatic rings. The highest BCUT2D eigenvalue weighted by Crippen LogP contribution is 2.14. The van der Waals surface area contributed by atoms with Crippen LogP contribution in [0.4, 0.5) is 0 Å². The molecule has 0 unspecified atom stereocenters. The average molecular weight is 176 g/mol. The monoisotopic (exact) mass is 175 g/mol. The van der Waals surface area contributed by atoms with Crippen LogP contribution in [-0.2, 0) is 0 Å². The van der Waals surface area contributed by atoms with Crippen LogP contribution in [0.1, 0.15) is 6.42 Å². The Morgan fingerprint density at radius 3 is 2.12 bits per heavy atom.